The van der Waals surface area contributed by atoms with Crippen LogP contribution in [0, 0.1) is 0 Å². The molecule has 0 unspecified atom stereocenters. The van der Waals surface area contributed by atoms with Gasteiger partial charge in [0.2, 0.25) is 5.91 Å². The summed E-state index contributed by atoms with van der Waals surface area (Å²) < 4.78 is 94.3. The van der Waals surface area contributed by atoms with Crippen LogP contribution in [0.5, 0.6) is 0 Å². The van der Waals surface area contributed by atoms with Gasteiger partial charge >= 0.3 is 18.4 Å². The lowest BCUT2D eigenvalue weighted by Gasteiger charge is -2.47. The van der Waals surface area contributed by atoms with E-state index >= 15 is 0 Å². The summed E-state index contributed by atoms with van der Waals surface area (Å²) in [5.41, 5.74) is -6.40. The van der Waals surface area contributed by atoms with Crippen LogP contribution in [0.1, 0.15) is 31.9 Å². The van der Waals surface area contributed by atoms with Gasteiger partial charge in [-0.25, -0.2) is 18.9 Å². The van der Waals surface area contributed by atoms with Crippen LogP contribution in [-0.2, 0) is 17.1 Å². The number of carboxylic acid groups (broad SMARTS) is 1. The van der Waals surface area contributed by atoms with Crippen LogP contribution >= 0.6 is 0 Å². The predicted octanol–water partition coefficient (Wildman–Crippen LogP) is 4.78. The van der Waals surface area contributed by atoms with E-state index in [0.29, 0.717) is 12.1 Å². The summed E-state index contributed by atoms with van der Waals surface area (Å²) in [5.74, 6) is -1.11. The fourth-order valence-electron chi connectivity index (χ4n) is 3.58. The molecule has 0 atom stereocenters. The summed E-state index contributed by atoms with van der Waals surface area (Å²) in [4.78, 5) is 29.5. The molecule has 1 aliphatic rings. The Labute approximate surface area is 206 Å². The first-order valence-corrected chi connectivity index (χ1v) is 10.7. The Morgan fingerprint density at radius 1 is 1.05 bits per heavy atom. The van der Waals surface area contributed by atoms with Gasteiger partial charge in [0.25, 0.3) is 0 Å². The number of amides is 2. The normalized spacial score (nSPS) is 16.1. The van der Waals surface area contributed by atoms with E-state index < -0.39 is 64.6 Å². The molecule has 0 radical (unpaired) electrons. The van der Waals surface area contributed by atoms with Gasteiger partial charge in [0, 0.05) is 23.4 Å². The van der Waals surface area contributed by atoms with Gasteiger partial charge < -0.3 is 14.9 Å². The van der Waals surface area contributed by atoms with Crippen LogP contribution in [-0.4, -0.2) is 72.5 Å². The van der Waals surface area contributed by atoms with Crippen LogP contribution in [0.25, 0.3) is 17.6 Å². The molecular formula is C22H22F7N5O3. The van der Waals surface area contributed by atoms with E-state index in [9.17, 15) is 45.4 Å². The molecule has 1 N–H and O–H groups in total. The number of nitrogens with zero attached hydrogens (tertiary/aromatic N) is 5. The highest BCUT2D eigenvalue weighted by molar-refractivity contribution is 5.91. The van der Waals surface area contributed by atoms with Crippen molar-refractivity contribution in [2.24, 2.45) is 0 Å². The molecule has 3 rings (SSSR count). The van der Waals surface area contributed by atoms with Crippen molar-refractivity contribution < 1.29 is 45.4 Å². The van der Waals surface area contributed by atoms with Gasteiger partial charge in [0.1, 0.15) is 6.33 Å². The summed E-state index contributed by atoms with van der Waals surface area (Å²) in [7, 11) is 0. The number of hydrogen-bond donors (Lipinski definition) is 1. The first kappa shape index (κ1) is 27.9. The molecule has 0 spiro atoms. The summed E-state index contributed by atoms with van der Waals surface area (Å²) in [6, 6.07) is 0.930. The average Bonchev–Trinajstić information content (AvgIpc) is 3.20. The van der Waals surface area contributed by atoms with Crippen LogP contribution in [0.4, 0.5) is 35.5 Å². The third-order valence-electron chi connectivity index (χ3n) is 5.47. The number of likely N-dealkylation sites (tertiary alicyclic amines) is 1. The van der Waals surface area contributed by atoms with Gasteiger partial charge in [0.15, 0.2) is 11.5 Å². The molecule has 0 aliphatic carbocycles. The molecule has 1 aromatic carbocycles. The molecule has 0 saturated carbocycles. The number of alkyl halides is 7. The maximum atomic E-state index is 14.9. The van der Waals surface area contributed by atoms with Crippen molar-refractivity contribution in [3.8, 4) is 11.4 Å². The number of aromatic nitrogens is 3. The molecule has 37 heavy (non-hydrogen) atoms. The minimum Gasteiger partial charge on any atom is -0.465 e. The Hall–Kier alpha value is -3.65. The molecular weight excluding hydrogens is 515 g/mol. The summed E-state index contributed by atoms with van der Waals surface area (Å²) in [6.07, 6.45) is -8.40. The zero-order chi connectivity index (χ0) is 28.0. The second-order valence-corrected chi connectivity index (χ2v) is 9.54. The highest BCUT2D eigenvalue weighted by Crippen LogP contribution is 2.38. The van der Waals surface area contributed by atoms with Gasteiger partial charge in [-0.1, -0.05) is 0 Å². The fourth-order valence-corrected chi connectivity index (χ4v) is 3.58. The Morgan fingerprint density at radius 2 is 1.59 bits per heavy atom. The lowest BCUT2D eigenvalue weighted by molar-refractivity contribution is -0.143. The first-order valence-electron chi connectivity index (χ1n) is 10.7. The lowest BCUT2D eigenvalue weighted by Crippen LogP contribution is -2.66. The van der Waals surface area contributed by atoms with Crippen molar-refractivity contribution in [1.82, 2.24) is 24.6 Å². The number of carbonyl (C=O) groups excluding carboxylic acids is 1. The second kappa shape index (κ2) is 9.34. The number of hydrogen-bond acceptors (Lipinski definition) is 4. The molecule has 2 aromatic rings. The largest absolute Gasteiger partial charge is 0.465 e. The summed E-state index contributed by atoms with van der Waals surface area (Å²) in [5, 5.41) is 13.1. The Balaban J connectivity index is 1.70. The molecule has 8 nitrogen and oxygen atoms in total. The minimum absolute atomic E-state index is 0.0196. The van der Waals surface area contributed by atoms with Gasteiger partial charge in [0.05, 0.1) is 30.8 Å². The van der Waals surface area contributed by atoms with E-state index in [0.717, 1.165) is 33.1 Å². The van der Waals surface area contributed by atoms with Gasteiger partial charge in [-0.15, -0.1) is 5.10 Å². The number of carbonyl (C=O) groups is 2. The van der Waals surface area contributed by atoms with Crippen molar-refractivity contribution in [2.45, 2.75) is 44.3 Å². The topological polar surface area (TPSA) is 91.6 Å². The van der Waals surface area contributed by atoms with Gasteiger partial charge in [-0.2, -0.15) is 26.3 Å². The molecule has 1 aromatic heterocycles. The van der Waals surface area contributed by atoms with Gasteiger partial charge in [-0.3, -0.25) is 4.79 Å². The number of halogens is 7. The Kier molecular flexibility index (Phi) is 7.05. The molecule has 0 bridgehead atoms. The molecule has 1 fully saturated rings. The molecule has 202 valence electrons. The van der Waals surface area contributed by atoms with E-state index in [4.69, 9.17) is 0 Å². The maximum Gasteiger partial charge on any atom is 0.416 e. The van der Waals surface area contributed by atoms with Crippen molar-refractivity contribution >= 4 is 18.2 Å². The fraction of sp³-hybridized carbons (Fsp3) is 0.455. The van der Waals surface area contributed by atoms with Crippen LogP contribution in [0.15, 0.2) is 30.6 Å². The molecule has 1 aliphatic heterocycles. The van der Waals surface area contributed by atoms with Crippen molar-refractivity contribution in [3.63, 3.8) is 0 Å². The van der Waals surface area contributed by atoms with E-state index in [1.54, 1.807) is 20.8 Å². The molecule has 15 heteroatoms. The van der Waals surface area contributed by atoms with E-state index in [-0.39, 0.29) is 19.2 Å². The second-order valence-electron chi connectivity index (χ2n) is 9.54. The highest BCUT2D eigenvalue weighted by atomic mass is 19.4. The smallest absolute Gasteiger partial charge is 0.416 e. The highest BCUT2D eigenvalue weighted by Gasteiger charge is 2.48. The summed E-state index contributed by atoms with van der Waals surface area (Å²) in [6.45, 7) is 3.62. The summed E-state index contributed by atoms with van der Waals surface area (Å²) >= 11 is 0. The van der Waals surface area contributed by atoms with Gasteiger partial charge in [-0.05, 0) is 39.0 Å². The van der Waals surface area contributed by atoms with Crippen molar-refractivity contribution in [3.05, 3.63) is 41.7 Å². The third kappa shape index (κ3) is 6.57. The minimum atomic E-state index is -5.04. The monoisotopic (exact) mass is 537 g/mol. The zero-order valence-corrected chi connectivity index (χ0v) is 19.7. The van der Waals surface area contributed by atoms with Crippen molar-refractivity contribution in [1.29, 1.82) is 0 Å². The average molecular weight is 537 g/mol. The predicted molar refractivity (Wildman–Crippen MR) is 116 cm³/mol. The maximum absolute atomic E-state index is 14.9. The van der Waals surface area contributed by atoms with E-state index in [1.165, 1.54) is 0 Å². The standard InChI is InChI=1S/C22H22F7N5O3/c1-19(2,3)34(18(36)37)11-20(23)9-32(10-20)16(35)4-5-33-12-30-17(31-33)13-6-14(21(24,25)26)8-15(7-13)22(27,28)29/h4-8,12H,9-11H2,1-3H3,(H,36,37)/b5-4-. The van der Waals surface area contributed by atoms with Crippen LogP contribution in [0.2, 0.25) is 0 Å². The zero-order valence-electron chi connectivity index (χ0n) is 19.7. The van der Waals surface area contributed by atoms with Crippen molar-refractivity contribution in [2.75, 3.05) is 19.6 Å². The molecule has 1 saturated heterocycles. The Morgan fingerprint density at radius 3 is 2.05 bits per heavy atom. The van der Waals surface area contributed by atoms with E-state index in [2.05, 4.69) is 10.1 Å². The van der Waals surface area contributed by atoms with E-state index in [1.807, 2.05) is 0 Å². The number of rotatable bonds is 5. The first-order chi connectivity index (χ1) is 16.8. The SMILES string of the molecule is CC(C)(C)N(CC1(F)CN(C(=O)/C=C\n2cnc(-c3cc(C(F)(F)F)cc(C(F)(F)F)c3)n2)C1)C(=O)O. The van der Waals surface area contributed by atoms with Crippen LogP contribution in [0.3, 0.4) is 0 Å². The number of benzene rings is 1. The lowest BCUT2D eigenvalue weighted by atomic mass is 9.93. The third-order valence-corrected chi connectivity index (χ3v) is 5.47. The quantitative estimate of drug-likeness (QED) is 0.438. The van der Waals surface area contributed by atoms with Crippen LogP contribution < -0.4 is 0 Å². The molecule has 2 heterocycles. The Bertz CT molecular complexity index is 1180. The molecule has 2 amide bonds.